The van der Waals surface area contributed by atoms with Gasteiger partial charge in [0.2, 0.25) is 0 Å². The summed E-state index contributed by atoms with van der Waals surface area (Å²) in [5, 5.41) is 14.8. The zero-order valence-electron chi connectivity index (χ0n) is 13.7. The van der Waals surface area contributed by atoms with E-state index in [1.165, 1.54) is 18.6 Å². The van der Waals surface area contributed by atoms with E-state index < -0.39 is 0 Å². The molecule has 0 radical (unpaired) electrons. The highest BCUT2D eigenvalue weighted by Gasteiger charge is 2.21. The number of urea groups is 1. The Morgan fingerprint density at radius 1 is 1.25 bits per heavy atom. The number of hydrogen-bond acceptors (Lipinski definition) is 3. The third-order valence-corrected chi connectivity index (χ3v) is 4.63. The molecular formula is C18H24FN3O2. The van der Waals surface area contributed by atoms with Crippen molar-refractivity contribution in [3.63, 3.8) is 0 Å². The van der Waals surface area contributed by atoms with Crippen molar-refractivity contribution in [1.29, 1.82) is 0 Å². The van der Waals surface area contributed by atoms with Gasteiger partial charge in [-0.05, 0) is 43.9 Å². The van der Waals surface area contributed by atoms with Crippen LogP contribution in [0.1, 0.15) is 25.7 Å². The van der Waals surface area contributed by atoms with E-state index in [1.54, 1.807) is 6.07 Å². The van der Waals surface area contributed by atoms with Crippen molar-refractivity contribution < 1.29 is 14.3 Å². The fraction of sp³-hybridized carbons (Fsp3) is 0.500. The summed E-state index contributed by atoms with van der Waals surface area (Å²) < 4.78 is 13.6. The van der Waals surface area contributed by atoms with Gasteiger partial charge in [-0.3, -0.25) is 0 Å². The van der Waals surface area contributed by atoms with Crippen LogP contribution in [-0.4, -0.2) is 36.9 Å². The lowest BCUT2D eigenvalue weighted by Crippen LogP contribution is -2.37. The molecule has 0 spiro atoms. The average Bonchev–Trinajstić information content (AvgIpc) is 3.03. The highest BCUT2D eigenvalue weighted by molar-refractivity contribution is 5.93. The Hall–Kier alpha value is -2.08. The van der Waals surface area contributed by atoms with Gasteiger partial charge in [-0.1, -0.05) is 12.2 Å². The van der Waals surface area contributed by atoms with Gasteiger partial charge < -0.3 is 20.6 Å². The molecule has 3 rings (SSSR count). The van der Waals surface area contributed by atoms with Crippen molar-refractivity contribution in [2.45, 2.75) is 31.7 Å². The van der Waals surface area contributed by atoms with Gasteiger partial charge in [-0.25, -0.2) is 9.18 Å². The van der Waals surface area contributed by atoms with Gasteiger partial charge in [0.25, 0.3) is 0 Å². The van der Waals surface area contributed by atoms with E-state index in [-0.39, 0.29) is 30.4 Å². The minimum atomic E-state index is -0.368. The highest BCUT2D eigenvalue weighted by atomic mass is 19.1. The number of piperidine rings is 1. The first-order chi connectivity index (χ1) is 11.7. The zero-order chi connectivity index (χ0) is 16.9. The predicted octanol–water partition coefficient (Wildman–Crippen LogP) is 2.87. The SMILES string of the molecule is O=C(Nc1cc(F)ccc1N1CCCCC1)N[C@@H]1C=C[C@H](CO)C1. The number of anilines is 2. The number of amides is 2. The van der Waals surface area contributed by atoms with Gasteiger partial charge in [0.1, 0.15) is 5.82 Å². The maximum absolute atomic E-state index is 13.6. The molecule has 2 atom stereocenters. The molecule has 130 valence electrons. The molecular weight excluding hydrogens is 309 g/mol. The van der Waals surface area contributed by atoms with Crippen molar-refractivity contribution in [3.8, 4) is 0 Å². The number of hydrogen-bond donors (Lipinski definition) is 3. The van der Waals surface area contributed by atoms with Gasteiger partial charge >= 0.3 is 6.03 Å². The van der Waals surface area contributed by atoms with E-state index >= 15 is 0 Å². The molecule has 2 aliphatic rings. The topological polar surface area (TPSA) is 64.6 Å². The summed E-state index contributed by atoms with van der Waals surface area (Å²) in [6.45, 7) is 1.93. The number of aliphatic hydroxyl groups is 1. The van der Waals surface area contributed by atoms with Crippen molar-refractivity contribution in [2.75, 3.05) is 29.9 Å². The largest absolute Gasteiger partial charge is 0.396 e. The fourth-order valence-electron chi connectivity index (χ4n) is 3.36. The molecule has 1 aromatic carbocycles. The molecule has 1 aromatic rings. The van der Waals surface area contributed by atoms with Crippen LogP contribution in [0.3, 0.4) is 0 Å². The minimum Gasteiger partial charge on any atom is -0.396 e. The quantitative estimate of drug-likeness (QED) is 0.743. The number of nitrogens with zero attached hydrogens (tertiary/aromatic N) is 1. The van der Waals surface area contributed by atoms with E-state index in [4.69, 9.17) is 5.11 Å². The van der Waals surface area contributed by atoms with Crippen molar-refractivity contribution in [2.24, 2.45) is 5.92 Å². The van der Waals surface area contributed by atoms with Gasteiger partial charge in [0.05, 0.1) is 11.4 Å². The summed E-state index contributed by atoms with van der Waals surface area (Å²) in [5.41, 5.74) is 1.36. The summed E-state index contributed by atoms with van der Waals surface area (Å²) in [5.74, 6) is -0.277. The Morgan fingerprint density at radius 3 is 2.75 bits per heavy atom. The third kappa shape index (κ3) is 4.06. The van der Waals surface area contributed by atoms with Crippen LogP contribution in [0.4, 0.5) is 20.6 Å². The Balaban J connectivity index is 1.66. The second-order valence-corrected chi connectivity index (χ2v) is 6.48. The highest BCUT2D eigenvalue weighted by Crippen LogP contribution is 2.29. The summed E-state index contributed by atoms with van der Waals surface area (Å²) >= 11 is 0. The second-order valence-electron chi connectivity index (χ2n) is 6.48. The van der Waals surface area contributed by atoms with Crippen LogP contribution in [0.5, 0.6) is 0 Å². The van der Waals surface area contributed by atoms with Gasteiger partial charge in [-0.2, -0.15) is 0 Å². The number of carbonyl (C=O) groups is 1. The molecule has 6 heteroatoms. The molecule has 5 nitrogen and oxygen atoms in total. The standard InChI is InChI=1S/C18H24FN3O2/c19-14-5-7-17(22-8-2-1-3-9-22)16(11-14)21-18(24)20-15-6-4-13(10-15)12-23/h4-7,11,13,15,23H,1-3,8-10,12H2,(H2,20,21,24)/t13-,15+/m0/s1. The lowest BCUT2D eigenvalue weighted by Gasteiger charge is -2.30. The van der Waals surface area contributed by atoms with Crippen molar-refractivity contribution in [1.82, 2.24) is 5.32 Å². The Morgan fingerprint density at radius 2 is 2.04 bits per heavy atom. The van der Waals surface area contributed by atoms with Crippen LogP contribution < -0.4 is 15.5 Å². The summed E-state index contributed by atoms with van der Waals surface area (Å²) in [7, 11) is 0. The number of benzene rings is 1. The van der Waals surface area contributed by atoms with Crippen LogP contribution in [-0.2, 0) is 0 Å². The first kappa shape index (κ1) is 16.8. The van der Waals surface area contributed by atoms with E-state index in [0.717, 1.165) is 31.6 Å². The molecule has 1 aliphatic carbocycles. The maximum atomic E-state index is 13.6. The average molecular weight is 333 g/mol. The molecule has 0 aromatic heterocycles. The van der Waals surface area contributed by atoms with Crippen LogP contribution in [0.25, 0.3) is 0 Å². The van der Waals surface area contributed by atoms with E-state index in [2.05, 4.69) is 15.5 Å². The number of rotatable bonds is 4. The second kappa shape index (κ2) is 7.66. The van der Waals surface area contributed by atoms with E-state index in [0.29, 0.717) is 12.1 Å². The number of halogens is 1. The lowest BCUT2D eigenvalue weighted by molar-refractivity contribution is 0.238. The van der Waals surface area contributed by atoms with Crippen molar-refractivity contribution in [3.05, 3.63) is 36.2 Å². The summed E-state index contributed by atoms with van der Waals surface area (Å²) in [4.78, 5) is 14.4. The molecule has 0 saturated carbocycles. The molecule has 1 saturated heterocycles. The smallest absolute Gasteiger partial charge is 0.319 e. The molecule has 0 unspecified atom stereocenters. The fourth-order valence-corrected chi connectivity index (χ4v) is 3.36. The Bertz CT molecular complexity index is 614. The van der Waals surface area contributed by atoms with Crippen LogP contribution in [0.15, 0.2) is 30.4 Å². The number of nitrogens with one attached hydrogen (secondary N) is 2. The molecule has 0 bridgehead atoms. The predicted molar refractivity (Wildman–Crippen MR) is 92.7 cm³/mol. The van der Waals surface area contributed by atoms with Crippen LogP contribution in [0, 0.1) is 11.7 Å². The van der Waals surface area contributed by atoms with E-state index in [1.807, 2.05) is 12.2 Å². The monoisotopic (exact) mass is 333 g/mol. The molecule has 1 aliphatic heterocycles. The van der Waals surface area contributed by atoms with Crippen LogP contribution >= 0.6 is 0 Å². The number of aliphatic hydroxyl groups excluding tert-OH is 1. The lowest BCUT2D eigenvalue weighted by atomic mass is 10.1. The van der Waals surface area contributed by atoms with Gasteiger partial charge in [-0.15, -0.1) is 0 Å². The Labute approximate surface area is 141 Å². The molecule has 3 N–H and O–H groups in total. The summed E-state index contributed by atoms with van der Waals surface area (Å²) in [6.07, 6.45) is 7.91. The molecule has 24 heavy (non-hydrogen) atoms. The summed E-state index contributed by atoms with van der Waals surface area (Å²) in [6, 6.07) is 4.07. The molecule has 2 amide bonds. The number of carbonyl (C=O) groups excluding carboxylic acids is 1. The maximum Gasteiger partial charge on any atom is 0.319 e. The van der Waals surface area contributed by atoms with Gasteiger partial charge in [0, 0.05) is 31.7 Å². The van der Waals surface area contributed by atoms with Crippen molar-refractivity contribution >= 4 is 17.4 Å². The molecule has 1 heterocycles. The normalized spacial score (nSPS) is 23.3. The third-order valence-electron chi connectivity index (χ3n) is 4.63. The first-order valence-corrected chi connectivity index (χ1v) is 8.57. The first-order valence-electron chi connectivity index (χ1n) is 8.57. The Kier molecular flexibility index (Phi) is 5.35. The van der Waals surface area contributed by atoms with Gasteiger partial charge in [0.15, 0.2) is 0 Å². The zero-order valence-corrected chi connectivity index (χ0v) is 13.7. The van der Waals surface area contributed by atoms with Crippen LogP contribution in [0.2, 0.25) is 0 Å². The van der Waals surface area contributed by atoms with E-state index in [9.17, 15) is 9.18 Å². The molecule has 1 fully saturated rings. The minimum absolute atomic E-state index is 0.0826.